The van der Waals surface area contributed by atoms with Crippen LogP contribution in [0, 0.1) is 0 Å². The van der Waals surface area contributed by atoms with E-state index in [4.69, 9.17) is 40.2 Å². The summed E-state index contributed by atoms with van der Waals surface area (Å²) in [4.78, 5) is 4.54. The Morgan fingerprint density at radius 3 is 2.45 bits per heavy atom. The van der Waals surface area contributed by atoms with E-state index in [1.54, 1.807) is 7.11 Å². The summed E-state index contributed by atoms with van der Waals surface area (Å²) >= 11 is 17.9. The average Bonchev–Trinajstić information content (AvgIpc) is 2.52. The number of hydrogen-bond acceptors (Lipinski definition) is 3. The van der Waals surface area contributed by atoms with Crippen molar-refractivity contribution in [1.82, 2.24) is 15.1 Å². The number of rotatable bonds is 5. The molecule has 1 saturated heterocycles. The fourth-order valence-corrected chi connectivity index (χ4v) is 3.19. The van der Waals surface area contributed by atoms with Gasteiger partial charge in [-0.25, -0.2) is 0 Å². The van der Waals surface area contributed by atoms with E-state index in [0.717, 1.165) is 60.0 Å². The summed E-state index contributed by atoms with van der Waals surface area (Å²) in [6.45, 7) is 5.86. The predicted molar refractivity (Wildman–Crippen MR) is 95.8 cm³/mol. The van der Waals surface area contributed by atoms with Crippen LogP contribution in [0.3, 0.4) is 0 Å². The fourth-order valence-electron chi connectivity index (χ4n) is 2.39. The third-order valence-electron chi connectivity index (χ3n) is 3.69. The first kappa shape index (κ1) is 17.8. The number of methoxy groups -OCH3 is 1. The molecule has 1 aliphatic rings. The van der Waals surface area contributed by atoms with Crippen molar-refractivity contribution < 1.29 is 4.74 Å². The normalized spacial score (nSPS) is 15.9. The lowest BCUT2D eigenvalue weighted by Gasteiger charge is -2.36. The highest BCUT2D eigenvalue weighted by atomic mass is 35.5. The maximum atomic E-state index is 6.23. The van der Waals surface area contributed by atoms with Gasteiger partial charge in [0.15, 0.2) is 5.11 Å². The van der Waals surface area contributed by atoms with Crippen molar-refractivity contribution in [1.29, 1.82) is 0 Å². The molecule has 0 aromatic heterocycles. The molecule has 0 saturated carbocycles. The molecule has 1 aromatic carbocycles. The van der Waals surface area contributed by atoms with E-state index in [1.807, 2.05) is 18.2 Å². The molecule has 0 bridgehead atoms. The maximum absolute atomic E-state index is 6.23. The average molecular weight is 362 g/mol. The minimum atomic E-state index is 0.658. The topological polar surface area (TPSA) is 27.7 Å². The molecular weight excluding hydrogens is 341 g/mol. The second-order valence-electron chi connectivity index (χ2n) is 5.19. The summed E-state index contributed by atoms with van der Waals surface area (Å²) in [5.41, 5.74) is 1.00. The molecule has 1 aromatic rings. The van der Waals surface area contributed by atoms with Gasteiger partial charge in [-0.15, -0.1) is 0 Å². The van der Waals surface area contributed by atoms with Crippen molar-refractivity contribution in [2.45, 2.75) is 6.54 Å². The lowest BCUT2D eigenvalue weighted by Crippen LogP contribution is -2.51. The van der Waals surface area contributed by atoms with Gasteiger partial charge in [-0.05, 0) is 24.4 Å². The molecule has 1 heterocycles. The first-order valence-corrected chi connectivity index (χ1v) is 8.45. The number of ether oxygens (including phenoxy) is 1. The van der Waals surface area contributed by atoms with E-state index in [0.29, 0.717) is 6.61 Å². The Hall–Kier alpha value is -0.590. The van der Waals surface area contributed by atoms with Gasteiger partial charge in [0.05, 0.1) is 6.61 Å². The van der Waals surface area contributed by atoms with E-state index in [1.165, 1.54) is 0 Å². The van der Waals surface area contributed by atoms with Gasteiger partial charge in [0.1, 0.15) is 0 Å². The van der Waals surface area contributed by atoms with Crippen LogP contribution in [-0.2, 0) is 11.3 Å². The molecule has 4 nitrogen and oxygen atoms in total. The number of thiocarbonyl (C=S) groups is 1. The van der Waals surface area contributed by atoms with E-state index in [2.05, 4.69) is 15.1 Å². The highest BCUT2D eigenvalue weighted by Gasteiger charge is 2.20. The summed E-state index contributed by atoms with van der Waals surface area (Å²) in [5, 5.41) is 5.46. The third-order valence-corrected chi connectivity index (χ3v) is 4.80. The third kappa shape index (κ3) is 4.96. The van der Waals surface area contributed by atoms with Crippen LogP contribution >= 0.6 is 35.4 Å². The molecule has 1 aliphatic heterocycles. The molecule has 0 radical (unpaired) electrons. The van der Waals surface area contributed by atoms with Crippen LogP contribution in [0.1, 0.15) is 5.56 Å². The summed E-state index contributed by atoms with van der Waals surface area (Å²) < 4.78 is 5.01. The molecule has 0 aliphatic carbocycles. The first-order chi connectivity index (χ1) is 10.6. The van der Waals surface area contributed by atoms with Crippen LogP contribution in [0.15, 0.2) is 18.2 Å². The molecule has 22 heavy (non-hydrogen) atoms. The molecule has 0 atom stereocenters. The zero-order chi connectivity index (χ0) is 15.9. The summed E-state index contributed by atoms with van der Waals surface area (Å²) in [7, 11) is 1.68. The van der Waals surface area contributed by atoms with Crippen molar-refractivity contribution in [3.63, 3.8) is 0 Å². The standard InChI is InChI=1S/C15H21Cl2N3OS/c1-21-10-5-18-15(22)20-8-6-19(7-9-20)11-12-13(16)3-2-4-14(12)17/h2-4H,5-11H2,1H3,(H,18,22). The largest absolute Gasteiger partial charge is 0.383 e. The van der Waals surface area contributed by atoms with E-state index in [9.17, 15) is 0 Å². The number of nitrogens with zero attached hydrogens (tertiary/aromatic N) is 2. The van der Waals surface area contributed by atoms with Crippen molar-refractivity contribution in [3.05, 3.63) is 33.8 Å². The SMILES string of the molecule is COCCNC(=S)N1CCN(Cc2c(Cl)cccc2Cl)CC1. The van der Waals surface area contributed by atoms with Crippen LogP contribution in [0.2, 0.25) is 10.0 Å². The monoisotopic (exact) mass is 361 g/mol. The quantitative estimate of drug-likeness (QED) is 0.642. The minimum absolute atomic E-state index is 0.658. The molecule has 2 rings (SSSR count). The highest BCUT2D eigenvalue weighted by molar-refractivity contribution is 7.80. The minimum Gasteiger partial charge on any atom is -0.383 e. The Kier molecular flexibility index (Phi) is 7.18. The Labute approximate surface area is 147 Å². The number of nitrogens with one attached hydrogen (secondary N) is 1. The summed E-state index contributed by atoms with van der Waals surface area (Å²) in [6, 6.07) is 5.64. The van der Waals surface area contributed by atoms with Gasteiger partial charge in [-0.2, -0.15) is 0 Å². The summed E-state index contributed by atoms with van der Waals surface area (Å²) in [6.07, 6.45) is 0. The zero-order valence-corrected chi connectivity index (χ0v) is 15.0. The van der Waals surface area contributed by atoms with E-state index >= 15 is 0 Å². The summed E-state index contributed by atoms with van der Waals surface area (Å²) in [5.74, 6) is 0. The van der Waals surface area contributed by atoms with Crippen molar-refractivity contribution >= 4 is 40.5 Å². The number of benzene rings is 1. The Morgan fingerprint density at radius 1 is 1.23 bits per heavy atom. The van der Waals surface area contributed by atoms with Gasteiger partial charge in [-0.3, -0.25) is 4.90 Å². The van der Waals surface area contributed by atoms with Gasteiger partial charge in [0, 0.05) is 62.0 Å². The Balaban J connectivity index is 1.81. The maximum Gasteiger partial charge on any atom is 0.169 e. The second-order valence-corrected chi connectivity index (χ2v) is 6.39. The van der Waals surface area contributed by atoms with Gasteiger partial charge in [0.2, 0.25) is 0 Å². The van der Waals surface area contributed by atoms with E-state index in [-0.39, 0.29) is 0 Å². The highest BCUT2D eigenvalue weighted by Crippen LogP contribution is 2.26. The molecule has 0 spiro atoms. The van der Waals surface area contributed by atoms with Crippen LogP contribution in [0.25, 0.3) is 0 Å². The van der Waals surface area contributed by atoms with Crippen molar-refractivity contribution in [2.24, 2.45) is 0 Å². The van der Waals surface area contributed by atoms with E-state index < -0.39 is 0 Å². The van der Waals surface area contributed by atoms with Gasteiger partial charge >= 0.3 is 0 Å². The van der Waals surface area contributed by atoms with Gasteiger partial charge in [0.25, 0.3) is 0 Å². The van der Waals surface area contributed by atoms with Gasteiger partial charge in [-0.1, -0.05) is 29.3 Å². The second kappa shape index (κ2) is 8.89. The molecule has 1 fully saturated rings. The van der Waals surface area contributed by atoms with Crippen LogP contribution in [0.4, 0.5) is 0 Å². The first-order valence-electron chi connectivity index (χ1n) is 7.28. The molecule has 1 N–H and O–H groups in total. The lowest BCUT2D eigenvalue weighted by atomic mass is 10.2. The smallest absolute Gasteiger partial charge is 0.169 e. The Morgan fingerprint density at radius 2 is 1.86 bits per heavy atom. The van der Waals surface area contributed by atoms with Gasteiger partial charge < -0.3 is 15.0 Å². The van der Waals surface area contributed by atoms with Crippen molar-refractivity contribution in [3.8, 4) is 0 Å². The number of hydrogen-bond donors (Lipinski definition) is 1. The van der Waals surface area contributed by atoms with Crippen LogP contribution in [-0.4, -0.2) is 61.4 Å². The molecule has 0 amide bonds. The van der Waals surface area contributed by atoms with Crippen LogP contribution < -0.4 is 5.32 Å². The molecule has 0 unspecified atom stereocenters. The zero-order valence-electron chi connectivity index (χ0n) is 12.6. The van der Waals surface area contributed by atoms with Crippen molar-refractivity contribution in [2.75, 3.05) is 46.4 Å². The lowest BCUT2D eigenvalue weighted by molar-refractivity contribution is 0.172. The van der Waals surface area contributed by atoms with Crippen LogP contribution in [0.5, 0.6) is 0 Å². The Bertz CT molecular complexity index is 487. The molecule has 7 heteroatoms. The fraction of sp³-hybridized carbons (Fsp3) is 0.533. The molecular formula is C15H21Cl2N3OS. The number of piperazine rings is 1. The predicted octanol–water partition coefficient (Wildman–Crippen LogP) is 2.63. The molecule has 122 valence electrons. The number of halogens is 2.